The summed E-state index contributed by atoms with van der Waals surface area (Å²) in [5.41, 5.74) is 1.80. The Morgan fingerprint density at radius 3 is 2.45 bits per heavy atom. The average Bonchev–Trinajstić information content (AvgIpc) is 3.04. The molecule has 0 saturated carbocycles. The van der Waals surface area contributed by atoms with Gasteiger partial charge in [-0.05, 0) is 68.1 Å². The van der Waals surface area contributed by atoms with Gasteiger partial charge in [0.1, 0.15) is 18.1 Å². The molecule has 2 aromatic carbocycles. The van der Waals surface area contributed by atoms with Gasteiger partial charge in [0, 0.05) is 35.4 Å². The van der Waals surface area contributed by atoms with Crippen molar-refractivity contribution < 1.29 is 19.1 Å². The summed E-state index contributed by atoms with van der Waals surface area (Å²) >= 11 is 6.78. The Bertz CT molecular complexity index is 974. The molecule has 1 heterocycles. The van der Waals surface area contributed by atoms with E-state index >= 15 is 0 Å². The topological polar surface area (TPSA) is 59.1 Å². The monoisotopic (exact) mass is 460 g/mol. The predicted octanol–water partition coefficient (Wildman–Crippen LogP) is 5.31. The molecular formula is C23H25ClN2O4S. The van der Waals surface area contributed by atoms with Gasteiger partial charge in [0.15, 0.2) is 0 Å². The van der Waals surface area contributed by atoms with Crippen molar-refractivity contribution in [2.75, 3.05) is 38.3 Å². The van der Waals surface area contributed by atoms with Crippen molar-refractivity contribution in [3.63, 3.8) is 0 Å². The lowest BCUT2D eigenvalue weighted by molar-refractivity contribution is -0.123. The first-order valence-electron chi connectivity index (χ1n) is 10.0. The van der Waals surface area contributed by atoms with Crippen molar-refractivity contribution in [2.24, 2.45) is 0 Å². The van der Waals surface area contributed by atoms with Gasteiger partial charge in [-0.1, -0.05) is 11.6 Å². The molecule has 0 bridgehead atoms. The number of hydrogen-bond acceptors (Lipinski definition) is 6. The molecule has 31 heavy (non-hydrogen) atoms. The van der Waals surface area contributed by atoms with Crippen molar-refractivity contribution in [3.05, 3.63) is 58.0 Å². The zero-order valence-electron chi connectivity index (χ0n) is 17.8. The molecule has 2 aromatic rings. The van der Waals surface area contributed by atoms with Crippen LogP contribution in [-0.2, 0) is 4.79 Å². The first-order valence-corrected chi connectivity index (χ1v) is 11.2. The van der Waals surface area contributed by atoms with Gasteiger partial charge < -0.3 is 14.4 Å². The van der Waals surface area contributed by atoms with Crippen LogP contribution in [0.5, 0.6) is 11.5 Å². The second-order valence-electron chi connectivity index (χ2n) is 6.73. The lowest BCUT2D eigenvalue weighted by Gasteiger charge is -2.22. The quantitative estimate of drug-likeness (QED) is 0.472. The van der Waals surface area contributed by atoms with E-state index in [0.717, 1.165) is 36.1 Å². The Labute approximate surface area is 191 Å². The molecule has 0 aliphatic carbocycles. The van der Waals surface area contributed by atoms with Crippen molar-refractivity contribution in [1.29, 1.82) is 0 Å². The summed E-state index contributed by atoms with van der Waals surface area (Å²) in [6.45, 7) is 6.33. The van der Waals surface area contributed by atoms with E-state index < -0.39 is 0 Å². The minimum Gasteiger partial charge on any atom is -0.496 e. The number of rotatable bonds is 9. The largest absolute Gasteiger partial charge is 0.496 e. The van der Waals surface area contributed by atoms with Gasteiger partial charge in [0.2, 0.25) is 0 Å². The van der Waals surface area contributed by atoms with Gasteiger partial charge in [-0.25, -0.2) is 0 Å². The van der Waals surface area contributed by atoms with Crippen LogP contribution in [0.3, 0.4) is 0 Å². The maximum atomic E-state index is 12.8. The molecule has 8 heteroatoms. The second-order valence-corrected chi connectivity index (χ2v) is 8.16. The van der Waals surface area contributed by atoms with E-state index in [2.05, 4.69) is 18.7 Å². The third-order valence-electron chi connectivity index (χ3n) is 4.90. The van der Waals surface area contributed by atoms with Gasteiger partial charge in [0.25, 0.3) is 11.1 Å². The summed E-state index contributed by atoms with van der Waals surface area (Å²) in [6.07, 6.45) is 1.70. The highest BCUT2D eigenvalue weighted by atomic mass is 35.5. The van der Waals surface area contributed by atoms with Crippen molar-refractivity contribution in [3.8, 4) is 11.5 Å². The highest BCUT2D eigenvalue weighted by molar-refractivity contribution is 8.18. The summed E-state index contributed by atoms with van der Waals surface area (Å²) in [5.74, 6) is 0.955. The summed E-state index contributed by atoms with van der Waals surface area (Å²) in [6, 6.07) is 12.8. The first-order chi connectivity index (χ1) is 15.0. The predicted molar refractivity (Wildman–Crippen MR) is 126 cm³/mol. The molecule has 3 rings (SSSR count). The number of carbonyl (C=O) groups is 2. The van der Waals surface area contributed by atoms with E-state index in [-0.39, 0.29) is 24.3 Å². The van der Waals surface area contributed by atoms with Crippen LogP contribution >= 0.6 is 23.4 Å². The minimum absolute atomic E-state index is 0.169. The molecule has 1 fully saturated rings. The highest BCUT2D eigenvalue weighted by Crippen LogP contribution is 2.35. The standard InChI is InChI=1S/C23H25ClN2O4S/c1-4-25(5-2)18-9-6-16(20(15-18)29-3)14-21-22(27)26(23(28)31-21)12-13-30-19-10-7-17(24)8-11-19/h6-11,14-15H,4-5,12-13H2,1-3H3/b21-14-. The Balaban J connectivity index is 1.70. The fraction of sp³-hybridized carbons (Fsp3) is 0.304. The third-order valence-corrected chi connectivity index (χ3v) is 6.06. The number of benzene rings is 2. The third kappa shape index (κ3) is 5.54. The van der Waals surface area contributed by atoms with Gasteiger partial charge in [0.05, 0.1) is 18.6 Å². The highest BCUT2D eigenvalue weighted by Gasteiger charge is 2.35. The van der Waals surface area contributed by atoms with Crippen molar-refractivity contribution in [2.45, 2.75) is 13.8 Å². The number of thioether (sulfide) groups is 1. The van der Waals surface area contributed by atoms with Crippen LogP contribution in [0.1, 0.15) is 19.4 Å². The van der Waals surface area contributed by atoms with Crippen molar-refractivity contribution >= 4 is 46.3 Å². The Hall–Kier alpha value is -2.64. The lowest BCUT2D eigenvalue weighted by atomic mass is 10.1. The SMILES string of the molecule is CCN(CC)c1ccc(/C=C2\SC(=O)N(CCOc3ccc(Cl)cc3)C2=O)c(OC)c1. The summed E-state index contributed by atoms with van der Waals surface area (Å²) in [5, 5.41) is 0.304. The van der Waals surface area contributed by atoms with Crippen molar-refractivity contribution in [1.82, 2.24) is 4.90 Å². The molecule has 1 aliphatic heterocycles. The number of anilines is 1. The summed E-state index contributed by atoms with van der Waals surface area (Å²) in [7, 11) is 1.60. The van der Waals surface area contributed by atoms with Gasteiger partial charge in [-0.15, -0.1) is 0 Å². The Morgan fingerprint density at radius 2 is 1.81 bits per heavy atom. The van der Waals surface area contributed by atoms with Crippen LogP contribution in [0.15, 0.2) is 47.4 Å². The normalized spacial score (nSPS) is 15.0. The number of ether oxygens (including phenoxy) is 2. The van der Waals surface area contributed by atoms with Crippen LogP contribution in [0.2, 0.25) is 5.02 Å². The van der Waals surface area contributed by atoms with E-state index in [0.29, 0.717) is 21.4 Å². The molecule has 1 aliphatic rings. The number of nitrogens with zero attached hydrogens (tertiary/aromatic N) is 2. The Kier molecular flexibility index (Phi) is 7.87. The molecule has 6 nitrogen and oxygen atoms in total. The molecule has 0 spiro atoms. The fourth-order valence-electron chi connectivity index (χ4n) is 3.22. The molecular weight excluding hydrogens is 436 g/mol. The maximum Gasteiger partial charge on any atom is 0.293 e. The molecule has 2 amide bonds. The zero-order valence-corrected chi connectivity index (χ0v) is 19.3. The average molecular weight is 461 g/mol. The van der Waals surface area contributed by atoms with E-state index in [1.165, 1.54) is 4.90 Å². The zero-order chi connectivity index (χ0) is 22.4. The van der Waals surface area contributed by atoms with Crippen LogP contribution in [-0.4, -0.2) is 49.4 Å². The molecule has 164 valence electrons. The van der Waals surface area contributed by atoms with E-state index in [1.54, 1.807) is 37.5 Å². The first kappa shape index (κ1) is 23.0. The molecule has 0 aromatic heterocycles. The van der Waals surface area contributed by atoms with Gasteiger partial charge in [-0.2, -0.15) is 0 Å². The maximum absolute atomic E-state index is 12.8. The number of methoxy groups -OCH3 is 1. The number of carbonyl (C=O) groups excluding carboxylic acids is 2. The molecule has 0 radical (unpaired) electrons. The molecule has 0 atom stereocenters. The van der Waals surface area contributed by atoms with Crippen LogP contribution in [0.4, 0.5) is 10.5 Å². The van der Waals surface area contributed by atoms with Gasteiger partial charge in [-0.3, -0.25) is 14.5 Å². The molecule has 0 N–H and O–H groups in total. The number of imide groups is 1. The van der Waals surface area contributed by atoms with E-state index in [1.807, 2.05) is 18.2 Å². The summed E-state index contributed by atoms with van der Waals surface area (Å²) < 4.78 is 11.1. The second kappa shape index (κ2) is 10.6. The number of hydrogen-bond donors (Lipinski definition) is 0. The molecule has 1 saturated heterocycles. The van der Waals surface area contributed by atoms with E-state index in [4.69, 9.17) is 21.1 Å². The van der Waals surface area contributed by atoms with Gasteiger partial charge >= 0.3 is 0 Å². The smallest absolute Gasteiger partial charge is 0.293 e. The van der Waals surface area contributed by atoms with Crippen LogP contribution < -0.4 is 14.4 Å². The number of halogens is 1. The molecule has 0 unspecified atom stereocenters. The lowest BCUT2D eigenvalue weighted by Crippen LogP contribution is -2.32. The Morgan fingerprint density at radius 1 is 1.10 bits per heavy atom. The summed E-state index contributed by atoms with van der Waals surface area (Å²) in [4.78, 5) is 28.9. The number of amides is 2. The van der Waals surface area contributed by atoms with E-state index in [9.17, 15) is 9.59 Å². The van der Waals surface area contributed by atoms with Crippen LogP contribution in [0, 0.1) is 0 Å². The minimum atomic E-state index is -0.329. The fourth-order valence-corrected chi connectivity index (χ4v) is 4.21. The van der Waals surface area contributed by atoms with Crippen LogP contribution in [0.25, 0.3) is 6.08 Å².